The van der Waals surface area contributed by atoms with E-state index in [-0.39, 0.29) is 13.4 Å². The summed E-state index contributed by atoms with van der Waals surface area (Å²) in [5, 5.41) is 7.40. The van der Waals surface area contributed by atoms with Gasteiger partial charge in [-0.1, -0.05) is 327 Å². The summed E-state index contributed by atoms with van der Waals surface area (Å²) in [7, 11) is 0. The Kier molecular flexibility index (Phi) is 16.2. The molecule has 19 aromatic carbocycles. The van der Waals surface area contributed by atoms with Gasteiger partial charge in [0.1, 0.15) is 0 Å². The summed E-state index contributed by atoms with van der Waals surface area (Å²) in [5.74, 6) is 0. The Morgan fingerprint density at radius 3 is 1.20 bits per heavy atom. The molecule has 0 amide bonds. The van der Waals surface area contributed by atoms with E-state index in [1.165, 1.54) is 101 Å². The molecule has 5 nitrogen and oxygen atoms in total. The van der Waals surface area contributed by atoms with E-state index in [0.29, 0.717) is 0 Å². The maximum atomic E-state index is 2.69. The van der Waals surface area contributed by atoms with Crippen molar-refractivity contribution >= 4 is 196 Å². The zero-order chi connectivity index (χ0) is 78.2. The van der Waals surface area contributed by atoms with Crippen molar-refractivity contribution in [2.45, 2.75) is 9.79 Å². The zero-order valence-electron chi connectivity index (χ0n) is 64.7. The number of hydrogen-bond donors (Lipinski definition) is 0. The van der Waals surface area contributed by atoms with E-state index in [2.05, 4.69) is 455 Å². The molecule has 0 saturated carbocycles. The molecule has 0 aliphatic carbocycles. The zero-order valence-corrected chi connectivity index (χ0v) is 66.3. The predicted molar refractivity (Wildman–Crippen MR) is 509 cm³/mol. The number of fused-ring (bicyclic) bond motifs is 13. The van der Waals surface area contributed by atoms with Crippen molar-refractivity contribution in [2.75, 3.05) is 24.5 Å². The summed E-state index contributed by atoms with van der Waals surface area (Å²) in [4.78, 5) is 15.2. The second-order valence-electron chi connectivity index (χ2n) is 31.3. The van der Waals surface area contributed by atoms with Crippen LogP contribution in [0.25, 0.3) is 86.2 Å². The molecule has 0 saturated heterocycles. The van der Waals surface area contributed by atoms with Crippen molar-refractivity contribution in [3.63, 3.8) is 0 Å². The molecule has 0 fully saturated rings. The Hall–Kier alpha value is -14.6. The first-order valence-electron chi connectivity index (χ1n) is 40.9. The van der Waals surface area contributed by atoms with Gasteiger partial charge in [0.05, 0.1) is 22.7 Å². The van der Waals surface area contributed by atoms with E-state index in [1.54, 1.807) is 0 Å². The molecule has 20 aromatic rings. The monoisotopic (exact) mass is 1550 g/mol. The molecule has 554 valence electrons. The molecule has 24 rings (SSSR count). The molecule has 0 spiro atoms. The van der Waals surface area contributed by atoms with Crippen molar-refractivity contribution in [1.29, 1.82) is 0 Å². The Balaban J connectivity index is 0.780. The van der Waals surface area contributed by atoms with Crippen molar-refractivity contribution < 1.29 is 0 Å². The standard InChI is InChI=1S/C110H71B2N5S2/c1-7-34-72(35-8-1)82-46-23-28-55-93(82)116(94-56-29-24-47-83(94)73-36-9-2-10-37-73)81-68-101-110-105(69-81)119-104-71-98-91(70-92(104)112(110)90-54-27-31-58-96(90)115(101)79-64-62-75(63-65-79)107-86-50-21-19-48-84(86)106(74-38-11-3-12-39-74)85-49-20-22-51-87(85)107)111-89-53-26-30-57-95(89)114(78-44-17-6-18-45-78)99-66-80(113(76-40-13-4-14-41-76)77-42-15-5-16-43-77)67-100(109(99)111)117(98)97-59-33-61-103-108(97)88-52-25-32-60-102(88)118-103/h1-71H. The number of benzene rings is 19. The van der Waals surface area contributed by atoms with Crippen LogP contribution in [0.15, 0.2) is 441 Å². The summed E-state index contributed by atoms with van der Waals surface area (Å²) in [6.45, 7) is -0.397. The third-order valence-electron chi connectivity index (χ3n) is 24.8. The summed E-state index contributed by atoms with van der Waals surface area (Å²) < 4.78 is 2.51. The molecule has 119 heavy (non-hydrogen) atoms. The van der Waals surface area contributed by atoms with E-state index >= 15 is 0 Å². The second kappa shape index (κ2) is 28.1. The lowest BCUT2D eigenvalue weighted by Gasteiger charge is -2.46. The van der Waals surface area contributed by atoms with E-state index in [4.69, 9.17) is 0 Å². The quantitative estimate of drug-likeness (QED) is 0.0839. The van der Waals surface area contributed by atoms with Gasteiger partial charge in [-0.3, -0.25) is 0 Å². The number of hydrogen-bond acceptors (Lipinski definition) is 7. The predicted octanol–water partition coefficient (Wildman–Crippen LogP) is 26.8. The topological polar surface area (TPSA) is 16.2 Å². The average Bonchev–Trinajstić information content (AvgIpc) is 1.12. The lowest BCUT2D eigenvalue weighted by molar-refractivity contribution is 1.22. The van der Waals surface area contributed by atoms with Crippen LogP contribution in [-0.4, -0.2) is 13.4 Å². The molecule has 4 aliphatic heterocycles. The van der Waals surface area contributed by atoms with Crippen LogP contribution in [0, 0.1) is 0 Å². The Bertz CT molecular complexity index is 7260. The van der Waals surface area contributed by atoms with Gasteiger partial charge in [0.15, 0.2) is 0 Å². The maximum absolute atomic E-state index is 2.69. The first-order chi connectivity index (χ1) is 59.1. The van der Waals surface area contributed by atoms with Crippen LogP contribution >= 0.6 is 23.1 Å². The Morgan fingerprint density at radius 2 is 0.639 bits per heavy atom. The molecule has 0 atom stereocenters. The number of rotatable bonds is 13. The maximum Gasteiger partial charge on any atom is 0.252 e. The Labute approximate surface area is 700 Å². The number of para-hydroxylation sites is 7. The Morgan fingerprint density at radius 1 is 0.227 bits per heavy atom. The van der Waals surface area contributed by atoms with Gasteiger partial charge < -0.3 is 24.5 Å². The first-order valence-corrected chi connectivity index (χ1v) is 42.6. The molecule has 4 aliphatic rings. The molecule has 5 heterocycles. The highest BCUT2D eigenvalue weighted by Crippen LogP contribution is 2.55. The molecule has 9 heteroatoms. The number of thiophene rings is 1. The van der Waals surface area contributed by atoms with E-state index in [0.717, 1.165) is 113 Å². The molecule has 0 radical (unpaired) electrons. The molecule has 0 bridgehead atoms. The summed E-state index contributed by atoms with van der Waals surface area (Å²) >= 11 is 3.80. The lowest BCUT2D eigenvalue weighted by atomic mass is 9.31. The largest absolute Gasteiger partial charge is 0.311 e. The third kappa shape index (κ3) is 11.0. The highest BCUT2D eigenvalue weighted by Gasteiger charge is 2.48. The van der Waals surface area contributed by atoms with Gasteiger partial charge in [-0.15, -0.1) is 11.3 Å². The van der Waals surface area contributed by atoms with Crippen LogP contribution in [0.2, 0.25) is 0 Å². The fourth-order valence-electron chi connectivity index (χ4n) is 19.9. The van der Waals surface area contributed by atoms with Crippen LogP contribution in [-0.2, 0) is 0 Å². The van der Waals surface area contributed by atoms with Gasteiger partial charge in [0.2, 0.25) is 6.71 Å². The van der Waals surface area contributed by atoms with Gasteiger partial charge in [-0.05, 0) is 204 Å². The minimum absolute atomic E-state index is 0.198. The van der Waals surface area contributed by atoms with Gasteiger partial charge >= 0.3 is 0 Å². The fraction of sp³-hybridized carbons (Fsp3) is 0. The van der Waals surface area contributed by atoms with Gasteiger partial charge in [0, 0.05) is 104 Å². The van der Waals surface area contributed by atoms with Crippen LogP contribution in [0.4, 0.5) is 85.3 Å². The molecule has 1 aromatic heterocycles. The van der Waals surface area contributed by atoms with Crippen LogP contribution < -0.4 is 57.3 Å². The van der Waals surface area contributed by atoms with Crippen molar-refractivity contribution in [3.8, 4) is 44.5 Å². The smallest absolute Gasteiger partial charge is 0.252 e. The fourth-order valence-corrected chi connectivity index (χ4v) is 22.2. The minimum Gasteiger partial charge on any atom is -0.311 e. The third-order valence-corrected chi connectivity index (χ3v) is 27.1. The minimum atomic E-state index is -0.198. The average molecular weight is 1550 g/mol. The normalized spacial score (nSPS) is 12.8. The van der Waals surface area contributed by atoms with E-state index in [9.17, 15) is 0 Å². The second-order valence-corrected chi connectivity index (χ2v) is 33.4. The molecular formula is C110H71B2N5S2. The molecule has 0 unspecified atom stereocenters. The summed E-state index contributed by atoms with van der Waals surface area (Å²) in [6, 6.07) is 161. The van der Waals surface area contributed by atoms with Gasteiger partial charge in [-0.25, -0.2) is 0 Å². The van der Waals surface area contributed by atoms with E-state index in [1.807, 2.05) is 23.1 Å². The summed E-state index contributed by atoms with van der Waals surface area (Å²) in [5.41, 5.74) is 33.6. The number of anilines is 15. The van der Waals surface area contributed by atoms with Gasteiger partial charge in [-0.2, -0.15) is 0 Å². The SMILES string of the molecule is c1ccc(-c2ccccc2N(c2cc3c4c(c2)N(c2ccc(-c5c6ccccc6c(-c6ccccc6)c6ccccc56)cc2)c2ccccc2B4c2cc4c(cc2S3)N(c2cccc3sc5ccccc5c23)c2cc(N(c3ccccc3)c3ccccc3)cc3c2B4c2ccccc2N3c2ccccc2)c2ccccc2-c2ccccc2)cc1. The lowest BCUT2D eigenvalue weighted by Crippen LogP contribution is -2.64. The highest BCUT2D eigenvalue weighted by atomic mass is 32.2. The van der Waals surface area contributed by atoms with E-state index < -0.39 is 0 Å². The van der Waals surface area contributed by atoms with Crippen molar-refractivity contribution in [2.24, 2.45) is 0 Å². The number of nitrogens with zero attached hydrogens (tertiary/aromatic N) is 5. The first kappa shape index (κ1) is 68.8. The van der Waals surface area contributed by atoms with Gasteiger partial charge in [0.25, 0.3) is 6.71 Å². The highest BCUT2D eigenvalue weighted by molar-refractivity contribution is 8.00. The molecule has 0 N–H and O–H groups in total. The molecular weight excluding hydrogens is 1480 g/mol. The summed E-state index contributed by atoms with van der Waals surface area (Å²) in [6.07, 6.45) is 0. The van der Waals surface area contributed by atoms with Crippen LogP contribution in [0.3, 0.4) is 0 Å². The van der Waals surface area contributed by atoms with Crippen molar-refractivity contribution in [1.82, 2.24) is 0 Å². The van der Waals surface area contributed by atoms with Crippen LogP contribution in [0.5, 0.6) is 0 Å². The van der Waals surface area contributed by atoms with Crippen molar-refractivity contribution in [3.05, 3.63) is 431 Å². The van der Waals surface area contributed by atoms with Crippen LogP contribution in [0.1, 0.15) is 0 Å².